The number of halogens is 2. The molecule has 0 saturated heterocycles. The van der Waals surface area contributed by atoms with Gasteiger partial charge in [-0.05, 0) is 41.8 Å². The van der Waals surface area contributed by atoms with Gasteiger partial charge in [0.25, 0.3) is 0 Å². The van der Waals surface area contributed by atoms with E-state index >= 15 is 0 Å². The van der Waals surface area contributed by atoms with Crippen LogP contribution in [0.2, 0.25) is 10.0 Å². The monoisotopic (exact) mass is 426 g/mol. The van der Waals surface area contributed by atoms with E-state index in [4.69, 9.17) is 46.9 Å². The van der Waals surface area contributed by atoms with Crippen molar-refractivity contribution in [3.8, 4) is 11.5 Å². The zero-order valence-corrected chi connectivity index (χ0v) is 17.1. The number of rotatable bonds is 2. The van der Waals surface area contributed by atoms with Gasteiger partial charge in [-0.2, -0.15) is 0 Å². The van der Waals surface area contributed by atoms with E-state index in [1.165, 1.54) is 0 Å². The fourth-order valence-corrected chi connectivity index (χ4v) is 3.06. The van der Waals surface area contributed by atoms with Crippen molar-refractivity contribution < 1.29 is 23.7 Å². The van der Waals surface area contributed by atoms with Crippen LogP contribution >= 0.6 is 23.2 Å². The van der Waals surface area contributed by atoms with Gasteiger partial charge in [0, 0.05) is 0 Å². The summed E-state index contributed by atoms with van der Waals surface area (Å²) in [5, 5.41) is 1.10. The second kappa shape index (κ2) is 11.5. The minimum Gasteiger partial charge on any atom is -0.487 e. The molecule has 0 amide bonds. The molecule has 0 bridgehead atoms. The lowest BCUT2D eigenvalue weighted by Crippen LogP contribution is -2.13. The van der Waals surface area contributed by atoms with E-state index in [9.17, 15) is 0 Å². The van der Waals surface area contributed by atoms with Gasteiger partial charge in [-0.3, -0.25) is 0 Å². The Morgan fingerprint density at radius 3 is 1.75 bits per heavy atom. The van der Waals surface area contributed by atoms with Crippen LogP contribution in [0.3, 0.4) is 0 Å². The van der Waals surface area contributed by atoms with Crippen LogP contribution in [-0.2, 0) is 20.6 Å². The van der Waals surface area contributed by atoms with Crippen LogP contribution in [-0.4, -0.2) is 52.9 Å². The summed E-state index contributed by atoms with van der Waals surface area (Å²) in [4.78, 5) is 0. The van der Waals surface area contributed by atoms with Crippen molar-refractivity contribution in [3.05, 3.63) is 57.6 Å². The highest BCUT2D eigenvalue weighted by Crippen LogP contribution is 2.30. The third-order valence-corrected chi connectivity index (χ3v) is 4.85. The predicted octanol–water partition coefficient (Wildman–Crippen LogP) is 4.41. The molecule has 3 rings (SSSR count). The topological polar surface area (TPSA) is 46.2 Å². The summed E-state index contributed by atoms with van der Waals surface area (Å²) in [7, 11) is 0. The van der Waals surface area contributed by atoms with Gasteiger partial charge < -0.3 is 23.7 Å². The quantitative estimate of drug-likeness (QED) is 0.711. The fourth-order valence-electron chi connectivity index (χ4n) is 2.74. The Bertz CT molecular complexity index is 754. The Hall–Kier alpha value is -1.50. The van der Waals surface area contributed by atoms with Crippen molar-refractivity contribution in [3.63, 3.8) is 0 Å². The third-order valence-electron chi connectivity index (χ3n) is 4.11. The number of ether oxygens (including phenoxy) is 5. The molecule has 1 aliphatic rings. The first-order valence-corrected chi connectivity index (χ1v) is 10.0. The van der Waals surface area contributed by atoms with E-state index in [0.717, 1.165) is 11.1 Å². The van der Waals surface area contributed by atoms with Crippen LogP contribution in [0.1, 0.15) is 11.1 Å². The van der Waals surface area contributed by atoms with E-state index in [2.05, 4.69) is 0 Å². The van der Waals surface area contributed by atoms with Gasteiger partial charge in [-0.1, -0.05) is 35.3 Å². The average molecular weight is 427 g/mol. The molecule has 1 aliphatic heterocycles. The first-order chi connectivity index (χ1) is 13.7. The average Bonchev–Trinajstić information content (AvgIpc) is 2.70. The minimum absolute atomic E-state index is 0.434. The second-order valence-electron chi connectivity index (χ2n) is 6.24. The molecule has 0 atom stereocenters. The molecule has 28 heavy (non-hydrogen) atoms. The molecule has 7 heteroatoms. The van der Waals surface area contributed by atoms with Gasteiger partial charge in [0.1, 0.15) is 13.2 Å². The van der Waals surface area contributed by atoms with Gasteiger partial charge in [-0.15, -0.1) is 0 Å². The van der Waals surface area contributed by atoms with Crippen LogP contribution in [0.25, 0.3) is 0 Å². The summed E-state index contributed by atoms with van der Waals surface area (Å²) < 4.78 is 28.2. The van der Waals surface area contributed by atoms with Gasteiger partial charge in [0.15, 0.2) is 11.5 Å². The molecule has 0 aromatic heterocycles. The molecule has 0 saturated carbocycles. The Kier molecular flexibility index (Phi) is 8.70. The Morgan fingerprint density at radius 2 is 1.11 bits per heavy atom. The molecule has 0 fully saturated rings. The fraction of sp³-hybridized carbons (Fsp3) is 0.429. The molecule has 0 unspecified atom stereocenters. The van der Waals surface area contributed by atoms with Crippen molar-refractivity contribution >= 4 is 23.2 Å². The number of hydrogen-bond donors (Lipinski definition) is 0. The van der Waals surface area contributed by atoms with E-state index in [1.54, 1.807) is 0 Å². The molecule has 2 aromatic carbocycles. The molecule has 0 radical (unpaired) electrons. The van der Waals surface area contributed by atoms with E-state index < -0.39 is 0 Å². The summed E-state index contributed by atoms with van der Waals surface area (Å²) in [5.74, 6) is 1.37. The van der Waals surface area contributed by atoms with Crippen LogP contribution in [0.5, 0.6) is 11.5 Å². The maximum Gasteiger partial charge on any atom is 0.161 e. The van der Waals surface area contributed by atoms with Gasteiger partial charge >= 0.3 is 0 Å². The molecule has 5 nitrogen and oxygen atoms in total. The third kappa shape index (κ3) is 6.83. The van der Waals surface area contributed by atoms with Crippen molar-refractivity contribution in [1.29, 1.82) is 0 Å². The minimum atomic E-state index is 0.434. The standard InChI is InChI=1S/C21H24Cl2O5/c22-18-3-1-16(14-19(18)23)13-17-2-4-20-21(15-17)28-12-10-26-8-6-24-5-7-25-9-11-27-20/h1-4,14-15H,5-13H2. The Morgan fingerprint density at radius 1 is 0.571 bits per heavy atom. The number of benzene rings is 2. The summed E-state index contributed by atoms with van der Waals surface area (Å²) in [6, 6.07) is 11.6. The molecule has 0 spiro atoms. The highest BCUT2D eigenvalue weighted by atomic mass is 35.5. The molecule has 152 valence electrons. The highest BCUT2D eigenvalue weighted by molar-refractivity contribution is 6.42. The normalized spacial score (nSPS) is 16.8. The SMILES string of the molecule is Clc1ccc(Cc2ccc3c(c2)OCCOCCOCCOCCO3)cc1Cl. The first-order valence-electron chi connectivity index (χ1n) is 9.28. The lowest BCUT2D eigenvalue weighted by Gasteiger charge is -2.14. The van der Waals surface area contributed by atoms with Gasteiger partial charge in [0.2, 0.25) is 0 Å². The van der Waals surface area contributed by atoms with Crippen LogP contribution in [0, 0.1) is 0 Å². The van der Waals surface area contributed by atoms with Crippen LogP contribution in [0.15, 0.2) is 36.4 Å². The van der Waals surface area contributed by atoms with Crippen LogP contribution < -0.4 is 9.47 Å². The van der Waals surface area contributed by atoms with Crippen molar-refractivity contribution in [2.45, 2.75) is 6.42 Å². The summed E-state index contributed by atoms with van der Waals surface area (Å²) in [5.41, 5.74) is 2.16. The van der Waals surface area contributed by atoms with E-state index in [0.29, 0.717) is 80.8 Å². The largest absolute Gasteiger partial charge is 0.487 e. The maximum atomic E-state index is 6.12. The maximum absolute atomic E-state index is 6.12. The van der Waals surface area contributed by atoms with Gasteiger partial charge in [-0.25, -0.2) is 0 Å². The number of fused-ring (bicyclic) bond motifs is 1. The Balaban J connectivity index is 1.69. The lowest BCUT2D eigenvalue weighted by molar-refractivity contribution is 0.00708. The molecule has 1 heterocycles. The van der Waals surface area contributed by atoms with Gasteiger partial charge in [0.05, 0.1) is 49.7 Å². The van der Waals surface area contributed by atoms with E-state index in [-0.39, 0.29) is 0 Å². The second-order valence-corrected chi connectivity index (χ2v) is 7.05. The Labute approximate surface area is 175 Å². The predicted molar refractivity (Wildman–Crippen MR) is 109 cm³/mol. The van der Waals surface area contributed by atoms with Crippen molar-refractivity contribution in [2.75, 3.05) is 52.9 Å². The molecular weight excluding hydrogens is 403 g/mol. The zero-order chi connectivity index (χ0) is 19.6. The van der Waals surface area contributed by atoms with E-state index in [1.807, 2.05) is 36.4 Å². The smallest absolute Gasteiger partial charge is 0.161 e. The van der Waals surface area contributed by atoms with Crippen LogP contribution in [0.4, 0.5) is 0 Å². The molecule has 2 aromatic rings. The summed E-state index contributed by atoms with van der Waals surface area (Å²) in [6.45, 7) is 4.01. The zero-order valence-electron chi connectivity index (χ0n) is 15.6. The molecule has 0 N–H and O–H groups in total. The molecule has 0 aliphatic carbocycles. The lowest BCUT2D eigenvalue weighted by atomic mass is 10.0. The summed E-state index contributed by atoms with van der Waals surface area (Å²) in [6.07, 6.45) is 0.713. The summed E-state index contributed by atoms with van der Waals surface area (Å²) >= 11 is 12.1. The molecular formula is C21H24Cl2O5. The number of hydrogen-bond acceptors (Lipinski definition) is 5. The van der Waals surface area contributed by atoms with Crippen molar-refractivity contribution in [2.24, 2.45) is 0 Å². The first kappa shape index (κ1) is 21.2. The van der Waals surface area contributed by atoms with Crippen molar-refractivity contribution in [1.82, 2.24) is 0 Å². The highest BCUT2D eigenvalue weighted by Gasteiger charge is 2.09.